The Morgan fingerprint density at radius 2 is 1.88 bits per heavy atom. The van der Waals surface area contributed by atoms with Gasteiger partial charge in [-0.3, -0.25) is 4.79 Å². The molecule has 2 heterocycles. The average Bonchev–Trinajstić information content (AvgIpc) is 2.97. The summed E-state index contributed by atoms with van der Waals surface area (Å²) in [6.45, 7) is 3.74. The van der Waals surface area contributed by atoms with Crippen LogP contribution in [-0.4, -0.2) is 29.2 Å². The first kappa shape index (κ1) is 17.5. The SMILES string of the molecule is CCC(=O)NC(Cc1ccccc1)c1nnc(N2CCCCCC2)o1. The molecule has 0 bridgehead atoms. The summed E-state index contributed by atoms with van der Waals surface area (Å²) in [6.07, 6.45) is 5.86. The molecule has 0 aliphatic carbocycles. The summed E-state index contributed by atoms with van der Waals surface area (Å²) in [6, 6.07) is 10.3. The molecule has 1 aliphatic rings. The van der Waals surface area contributed by atoms with Crippen molar-refractivity contribution in [2.45, 2.75) is 51.5 Å². The summed E-state index contributed by atoms with van der Waals surface area (Å²) < 4.78 is 5.95. The zero-order chi connectivity index (χ0) is 17.5. The van der Waals surface area contributed by atoms with Gasteiger partial charge in [0.25, 0.3) is 0 Å². The number of carbonyl (C=O) groups excluding carboxylic acids is 1. The Hall–Kier alpha value is -2.37. The normalized spacial score (nSPS) is 16.3. The van der Waals surface area contributed by atoms with Gasteiger partial charge in [0, 0.05) is 25.9 Å². The smallest absolute Gasteiger partial charge is 0.318 e. The van der Waals surface area contributed by atoms with Gasteiger partial charge in [-0.05, 0) is 18.4 Å². The molecule has 1 aromatic carbocycles. The van der Waals surface area contributed by atoms with Gasteiger partial charge >= 0.3 is 6.01 Å². The van der Waals surface area contributed by atoms with Crippen molar-refractivity contribution in [2.24, 2.45) is 0 Å². The maximum absolute atomic E-state index is 11.9. The number of rotatable bonds is 6. The first-order valence-corrected chi connectivity index (χ1v) is 9.18. The van der Waals surface area contributed by atoms with Crippen molar-refractivity contribution in [1.82, 2.24) is 15.5 Å². The standard InChI is InChI=1S/C19H26N4O2/c1-2-17(24)20-16(14-15-10-6-5-7-11-15)18-21-22-19(25-18)23-12-8-3-4-9-13-23/h5-7,10-11,16H,2-4,8-9,12-14H2,1H3,(H,20,24). The third-order valence-electron chi connectivity index (χ3n) is 4.54. The first-order valence-electron chi connectivity index (χ1n) is 9.18. The second-order valence-electron chi connectivity index (χ2n) is 6.49. The average molecular weight is 342 g/mol. The molecule has 1 saturated heterocycles. The number of anilines is 1. The number of nitrogens with one attached hydrogen (secondary N) is 1. The highest BCUT2D eigenvalue weighted by atomic mass is 16.4. The molecule has 6 heteroatoms. The van der Waals surface area contributed by atoms with Crippen molar-refractivity contribution < 1.29 is 9.21 Å². The van der Waals surface area contributed by atoms with Crippen LogP contribution in [-0.2, 0) is 11.2 Å². The van der Waals surface area contributed by atoms with E-state index in [1.54, 1.807) is 0 Å². The molecule has 0 spiro atoms. The van der Waals surface area contributed by atoms with Gasteiger partial charge in [-0.1, -0.05) is 55.2 Å². The van der Waals surface area contributed by atoms with Gasteiger partial charge in [0.05, 0.1) is 0 Å². The Labute approximate surface area is 148 Å². The van der Waals surface area contributed by atoms with Gasteiger partial charge in [0.2, 0.25) is 11.8 Å². The van der Waals surface area contributed by atoms with Crippen LogP contribution in [0.25, 0.3) is 0 Å². The lowest BCUT2D eigenvalue weighted by atomic mass is 10.1. The number of aromatic nitrogens is 2. The van der Waals surface area contributed by atoms with E-state index < -0.39 is 0 Å². The molecule has 0 saturated carbocycles. The molecule has 6 nitrogen and oxygen atoms in total. The summed E-state index contributed by atoms with van der Waals surface area (Å²) >= 11 is 0. The third-order valence-corrected chi connectivity index (χ3v) is 4.54. The van der Waals surface area contributed by atoms with Crippen LogP contribution in [0.4, 0.5) is 6.01 Å². The predicted molar refractivity (Wildman–Crippen MR) is 96.3 cm³/mol. The Morgan fingerprint density at radius 3 is 2.56 bits per heavy atom. The minimum atomic E-state index is -0.303. The zero-order valence-electron chi connectivity index (χ0n) is 14.8. The van der Waals surface area contributed by atoms with Crippen molar-refractivity contribution in [3.8, 4) is 0 Å². The minimum Gasteiger partial charge on any atom is -0.406 e. The predicted octanol–water partition coefficient (Wildman–Crippen LogP) is 3.26. The lowest BCUT2D eigenvalue weighted by Gasteiger charge is -2.17. The molecule has 134 valence electrons. The van der Waals surface area contributed by atoms with E-state index in [2.05, 4.69) is 20.4 Å². The Kier molecular flexibility index (Phi) is 6.04. The molecular formula is C19H26N4O2. The molecule has 1 amide bonds. The van der Waals surface area contributed by atoms with Crippen LogP contribution in [0.2, 0.25) is 0 Å². The number of amides is 1. The van der Waals surface area contributed by atoms with Gasteiger partial charge in [0.1, 0.15) is 6.04 Å². The molecule has 0 radical (unpaired) electrons. The molecule has 25 heavy (non-hydrogen) atoms. The van der Waals surface area contributed by atoms with Crippen molar-refractivity contribution in [3.05, 3.63) is 41.8 Å². The molecule has 2 aromatic rings. The summed E-state index contributed by atoms with van der Waals surface area (Å²) in [4.78, 5) is 14.1. The summed E-state index contributed by atoms with van der Waals surface area (Å²) in [5.41, 5.74) is 1.12. The van der Waals surface area contributed by atoms with Crippen molar-refractivity contribution >= 4 is 11.9 Å². The maximum Gasteiger partial charge on any atom is 0.318 e. The fourth-order valence-corrected chi connectivity index (χ4v) is 3.10. The monoisotopic (exact) mass is 342 g/mol. The zero-order valence-corrected chi connectivity index (χ0v) is 14.8. The van der Waals surface area contributed by atoms with Crippen LogP contribution in [0.3, 0.4) is 0 Å². The number of hydrogen-bond acceptors (Lipinski definition) is 5. The van der Waals surface area contributed by atoms with Crippen LogP contribution >= 0.6 is 0 Å². The topological polar surface area (TPSA) is 71.3 Å². The summed E-state index contributed by atoms with van der Waals surface area (Å²) in [7, 11) is 0. The summed E-state index contributed by atoms with van der Waals surface area (Å²) in [5, 5.41) is 11.5. The number of benzene rings is 1. The fraction of sp³-hybridized carbons (Fsp3) is 0.526. The van der Waals surface area contributed by atoms with E-state index in [0.29, 0.717) is 24.7 Å². The van der Waals surface area contributed by atoms with Gasteiger partial charge in [-0.25, -0.2) is 0 Å². The quantitative estimate of drug-likeness (QED) is 0.872. The minimum absolute atomic E-state index is 0.0181. The number of hydrogen-bond donors (Lipinski definition) is 1. The molecule has 1 atom stereocenters. The largest absolute Gasteiger partial charge is 0.406 e. The maximum atomic E-state index is 11.9. The highest BCUT2D eigenvalue weighted by Crippen LogP contribution is 2.23. The van der Waals surface area contributed by atoms with E-state index in [9.17, 15) is 4.79 Å². The van der Waals surface area contributed by atoms with Crippen molar-refractivity contribution in [1.29, 1.82) is 0 Å². The molecule has 1 aromatic heterocycles. The molecule has 1 unspecified atom stereocenters. The van der Waals surface area contributed by atoms with Crippen LogP contribution in [0.15, 0.2) is 34.7 Å². The van der Waals surface area contributed by atoms with E-state index in [-0.39, 0.29) is 11.9 Å². The lowest BCUT2D eigenvalue weighted by molar-refractivity contribution is -0.121. The summed E-state index contributed by atoms with van der Waals surface area (Å²) in [5.74, 6) is 0.459. The highest BCUT2D eigenvalue weighted by molar-refractivity contribution is 5.75. The van der Waals surface area contributed by atoms with Crippen molar-refractivity contribution in [2.75, 3.05) is 18.0 Å². The van der Waals surface area contributed by atoms with E-state index >= 15 is 0 Å². The molecule has 3 rings (SSSR count). The number of carbonyl (C=O) groups is 1. The highest BCUT2D eigenvalue weighted by Gasteiger charge is 2.23. The van der Waals surface area contributed by atoms with Crippen LogP contribution in [0, 0.1) is 0 Å². The van der Waals surface area contributed by atoms with Gasteiger partial charge in [0.15, 0.2) is 0 Å². The van der Waals surface area contributed by atoms with Crippen LogP contribution in [0.1, 0.15) is 56.5 Å². The molecule has 1 fully saturated rings. The first-order chi connectivity index (χ1) is 12.3. The Morgan fingerprint density at radius 1 is 1.16 bits per heavy atom. The molecule has 1 aliphatic heterocycles. The fourth-order valence-electron chi connectivity index (χ4n) is 3.10. The van der Waals surface area contributed by atoms with E-state index in [0.717, 1.165) is 31.5 Å². The van der Waals surface area contributed by atoms with Crippen LogP contribution in [0.5, 0.6) is 0 Å². The van der Waals surface area contributed by atoms with E-state index in [4.69, 9.17) is 4.42 Å². The second kappa shape index (κ2) is 8.65. The molecular weight excluding hydrogens is 316 g/mol. The number of nitrogens with zero attached hydrogens (tertiary/aromatic N) is 3. The molecule has 1 N–H and O–H groups in total. The third kappa shape index (κ3) is 4.81. The van der Waals surface area contributed by atoms with E-state index in [1.807, 2.05) is 37.3 Å². The van der Waals surface area contributed by atoms with Gasteiger partial charge < -0.3 is 14.6 Å². The lowest BCUT2D eigenvalue weighted by Crippen LogP contribution is -2.29. The van der Waals surface area contributed by atoms with Crippen molar-refractivity contribution in [3.63, 3.8) is 0 Å². The Balaban J connectivity index is 1.76. The van der Waals surface area contributed by atoms with Gasteiger partial charge in [-0.2, -0.15) is 0 Å². The van der Waals surface area contributed by atoms with Crippen LogP contribution < -0.4 is 10.2 Å². The van der Waals surface area contributed by atoms with E-state index in [1.165, 1.54) is 12.8 Å². The van der Waals surface area contributed by atoms with Gasteiger partial charge in [-0.15, -0.1) is 5.10 Å². The second-order valence-corrected chi connectivity index (χ2v) is 6.49. The Bertz CT molecular complexity index is 663.